The molecule has 2 nitrogen and oxygen atoms in total. The van der Waals surface area contributed by atoms with E-state index < -0.39 is 23.8 Å². The molecule has 1 aromatic rings. The van der Waals surface area contributed by atoms with E-state index in [9.17, 15) is 8.78 Å². The molecule has 0 amide bonds. The van der Waals surface area contributed by atoms with Crippen LogP contribution in [-0.2, 0) is 0 Å². The predicted octanol–water partition coefficient (Wildman–Crippen LogP) is 2.00. The van der Waals surface area contributed by atoms with Crippen LogP contribution in [0.3, 0.4) is 0 Å². The molecule has 0 bridgehead atoms. The number of halogens is 3. The van der Waals surface area contributed by atoms with Gasteiger partial charge in [0, 0.05) is 10.6 Å². The molecule has 1 rings (SSSR count). The molecule has 0 spiro atoms. The van der Waals surface area contributed by atoms with Crippen LogP contribution >= 0.6 is 11.6 Å². The van der Waals surface area contributed by atoms with Gasteiger partial charge in [-0.1, -0.05) is 11.6 Å². The third-order valence-corrected chi connectivity index (χ3v) is 2.12. The average Bonchev–Trinajstić information content (AvgIpc) is 2.01. The van der Waals surface area contributed by atoms with E-state index in [4.69, 9.17) is 22.4 Å². The number of nitrogens with two attached hydrogens (primary N) is 1. The second-order valence-corrected chi connectivity index (χ2v) is 3.49. The van der Waals surface area contributed by atoms with Gasteiger partial charge in [-0.15, -0.1) is 0 Å². The summed E-state index contributed by atoms with van der Waals surface area (Å²) in [7, 11) is 0. The summed E-state index contributed by atoms with van der Waals surface area (Å²) in [6.45, 7) is 1.36. The second-order valence-electron chi connectivity index (χ2n) is 3.05. The first-order valence-electron chi connectivity index (χ1n) is 4.01. The highest BCUT2D eigenvalue weighted by molar-refractivity contribution is 6.30. The van der Waals surface area contributed by atoms with E-state index >= 15 is 0 Å². The van der Waals surface area contributed by atoms with Crippen molar-refractivity contribution in [1.82, 2.24) is 0 Å². The Kier molecular flexibility index (Phi) is 3.42. The smallest absolute Gasteiger partial charge is 0.132 e. The number of benzene rings is 1. The molecule has 0 aliphatic rings. The Morgan fingerprint density at radius 2 is 1.79 bits per heavy atom. The van der Waals surface area contributed by atoms with Gasteiger partial charge in [-0.05, 0) is 19.1 Å². The zero-order valence-electron chi connectivity index (χ0n) is 7.47. The third-order valence-electron chi connectivity index (χ3n) is 1.90. The highest BCUT2D eigenvalue weighted by atomic mass is 35.5. The molecule has 0 saturated heterocycles. The molecule has 0 fully saturated rings. The first-order valence-corrected chi connectivity index (χ1v) is 4.39. The number of hydrogen-bond donors (Lipinski definition) is 2. The van der Waals surface area contributed by atoms with Crippen molar-refractivity contribution < 1.29 is 13.9 Å². The monoisotopic (exact) mass is 221 g/mol. The molecular formula is C9H10ClF2NO. The van der Waals surface area contributed by atoms with Gasteiger partial charge in [0.1, 0.15) is 11.6 Å². The van der Waals surface area contributed by atoms with Crippen molar-refractivity contribution in [2.75, 3.05) is 0 Å². The standard InChI is InChI=1S/C9H10ClF2NO/c1-4(14)9(13)8-6(11)2-5(10)3-7(8)12/h2-4,9,14H,13H2,1H3/t4?,9-/m1/s1. The number of aliphatic hydroxyl groups is 1. The average molecular weight is 222 g/mol. The Bertz CT molecular complexity index is 321. The lowest BCUT2D eigenvalue weighted by Crippen LogP contribution is -2.25. The Morgan fingerprint density at radius 1 is 1.36 bits per heavy atom. The molecule has 0 heterocycles. The van der Waals surface area contributed by atoms with E-state index in [-0.39, 0.29) is 10.6 Å². The van der Waals surface area contributed by atoms with Crippen molar-refractivity contribution in [2.45, 2.75) is 19.1 Å². The Morgan fingerprint density at radius 3 is 2.14 bits per heavy atom. The lowest BCUT2D eigenvalue weighted by Gasteiger charge is -2.16. The molecular weight excluding hydrogens is 212 g/mol. The van der Waals surface area contributed by atoms with Crippen LogP contribution in [0.1, 0.15) is 18.5 Å². The van der Waals surface area contributed by atoms with Gasteiger partial charge >= 0.3 is 0 Å². The van der Waals surface area contributed by atoms with Crippen LogP contribution in [0.25, 0.3) is 0 Å². The summed E-state index contributed by atoms with van der Waals surface area (Å²) in [5, 5.41) is 9.06. The summed E-state index contributed by atoms with van der Waals surface area (Å²) in [6, 6.07) is 0.831. The minimum atomic E-state index is -1.09. The molecule has 14 heavy (non-hydrogen) atoms. The van der Waals surface area contributed by atoms with Gasteiger partial charge in [-0.2, -0.15) is 0 Å². The summed E-state index contributed by atoms with van der Waals surface area (Å²) in [6.07, 6.45) is -1.03. The summed E-state index contributed by atoms with van der Waals surface area (Å²) in [5.74, 6) is -1.69. The van der Waals surface area contributed by atoms with Gasteiger partial charge < -0.3 is 10.8 Å². The zero-order valence-corrected chi connectivity index (χ0v) is 8.22. The maximum atomic E-state index is 13.2. The fraction of sp³-hybridized carbons (Fsp3) is 0.333. The highest BCUT2D eigenvalue weighted by Gasteiger charge is 2.21. The highest BCUT2D eigenvalue weighted by Crippen LogP contribution is 2.24. The molecule has 3 N–H and O–H groups in total. The van der Waals surface area contributed by atoms with Crippen molar-refractivity contribution in [3.05, 3.63) is 34.4 Å². The first kappa shape index (κ1) is 11.4. The Hall–Kier alpha value is -0.710. The van der Waals surface area contributed by atoms with Crippen LogP contribution in [0, 0.1) is 11.6 Å². The summed E-state index contributed by atoms with van der Waals surface area (Å²) >= 11 is 5.42. The predicted molar refractivity (Wildman–Crippen MR) is 50.0 cm³/mol. The van der Waals surface area contributed by atoms with E-state index in [0.717, 1.165) is 12.1 Å². The fourth-order valence-corrected chi connectivity index (χ4v) is 1.30. The van der Waals surface area contributed by atoms with Crippen LogP contribution < -0.4 is 5.73 Å². The largest absolute Gasteiger partial charge is 0.391 e. The minimum absolute atomic E-state index is 0.0402. The molecule has 1 aromatic carbocycles. The van der Waals surface area contributed by atoms with Gasteiger partial charge in [0.05, 0.1) is 12.1 Å². The Labute approximate surface area is 85.3 Å². The molecule has 78 valence electrons. The van der Waals surface area contributed by atoms with Gasteiger partial charge in [0.2, 0.25) is 0 Å². The van der Waals surface area contributed by atoms with Crippen LogP contribution in [0.2, 0.25) is 5.02 Å². The van der Waals surface area contributed by atoms with E-state index in [1.54, 1.807) is 0 Å². The lowest BCUT2D eigenvalue weighted by molar-refractivity contribution is 0.160. The van der Waals surface area contributed by atoms with Gasteiger partial charge in [-0.25, -0.2) is 8.78 Å². The van der Waals surface area contributed by atoms with Crippen LogP contribution in [-0.4, -0.2) is 11.2 Å². The minimum Gasteiger partial charge on any atom is -0.391 e. The summed E-state index contributed by atoms with van der Waals surface area (Å²) in [5.41, 5.74) is 5.07. The van der Waals surface area contributed by atoms with Crippen molar-refractivity contribution in [2.24, 2.45) is 5.73 Å². The van der Waals surface area contributed by atoms with Crippen molar-refractivity contribution in [3.8, 4) is 0 Å². The van der Waals surface area contributed by atoms with Crippen LogP contribution in [0.5, 0.6) is 0 Å². The first-order chi connectivity index (χ1) is 6.43. The molecule has 0 aromatic heterocycles. The molecule has 0 radical (unpaired) electrons. The SMILES string of the molecule is CC(O)[C@@H](N)c1c(F)cc(Cl)cc1F. The van der Waals surface area contributed by atoms with Crippen molar-refractivity contribution >= 4 is 11.6 Å². The fourth-order valence-electron chi connectivity index (χ4n) is 1.11. The molecule has 0 saturated carbocycles. The zero-order chi connectivity index (χ0) is 10.9. The van der Waals surface area contributed by atoms with Crippen molar-refractivity contribution in [3.63, 3.8) is 0 Å². The molecule has 0 aliphatic carbocycles. The topological polar surface area (TPSA) is 46.2 Å². The molecule has 5 heteroatoms. The number of rotatable bonds is 2. The normalized spacial score (nSPS) is 15.3. The molecule has 1 unspecified atom stereocenters. The van der Waals surface area contributed by atoms with E-state index in [2.05, 4.69) is 0 Å². The maximum absolute atomic E-state index is 13.2. The molecule has 0 aliphatic heterocycles. The third kappa shape index (κ3) is 2.20. The van der Waals surface area contributed by atoms with Gasteiger partial charge in [0.25, 0.3) is 0 Å². The van der Waals surface area contributed by atoms with Crippen LogP contribution in [0.15, 0.2) is 12.1 Å². The van der Waals surface area contributed by atoms with Gasteiger partial charge in [-0.3, -0.25) is 0 Å². The van der Waals surface area contributed by atoms with E-state index in [1.165, 1.54) is 6.92 Å². The molecule has 2 atom stereocenters. The Balaban J connectivity index is 3.20. The summed E-state index contributed by atoms with van der Waals surface area (Å²) < 4.78 is 26.4. The summed E-state index contributed by atoms with van der Waals surface area (Å²) in [4.78, 5) is 0. The van der Waals surface area contributed by atoms with E-state index in [1.807, 2.05) is 0 Å². The maximum Gasteiger partial charge on any atom is 0.132 e. The lowest BCUT2D eigenvalue weighted by atomic mass is 10.0. The van der Waals surface area contributed by atoms with E-state index in [0.29, 0.717) is 0 Å². The quantitative estimate of drug-likeness (QED) is 0.803. The number of hydrogen-bond acceptors (Lipinski definition) is 2. The second kappa shape index (κ2) is 4.21. The van der Waals surface area contributed by atoms with Crippen LogP contribution in [0.4, 0.5) is 8.78 Å². The van der Waals surface area contributed by atoms with Gasteiger partial charge in [0.15, 0.2) is 0 Å². The number of aliphatic hydroxyl groups excluding tert-OH is 1. The van der Waals surface area contributed by atoms with Crippen molar-refractivity contribution in [1.29, 1.82) is 0 Å².